The van der Waals surface area contributed by atoms with Crippen molar-refractivity contribution in [1.29, 1.82) is 0 Å². The minimum atomic E-state index is 0.638. The summed E-state index contributed by atoms with van der Waals surface area (Å²) in [5, 5.41) is 0. The Balaban J connectivity index is 2.50. The molecule has 106 valence electrons. The standard InChI is InChI=1S/C14H19N5O/c1-4-10-13(18-15)16-9-17-14(10)19(2)11-7-5-6-8-12(11)20-3/h5-9H,4,15H2,1-3H3,(H,16,17,18). The lowest BCUT2D eigenvalue weighted by molar-refractivity contribution is 0.415. The first-order valence-corrected chi connectivity index (χ1v) is 6.40. The number of aromatic nitrogens is 2. The molecular formula is C14H19N5O. The van der Waals surface area contributed by atoms with Gasteiger partial charge in [-0.05, 0) is 18.6 Å². The number of nitrogens with zero attached hydrogens (tertiary/aromatic N) is 3. The van der Waals surface area contributed by atoms with Crippen molar-refractivity contribution in [2.24, 2.45) is 5.84 Å². The molecule has 6 nitrogen and oxygen atoms in total. The zero-order valence-corrected chi connectivity index (χ0v) is 11.9. The molecule has 6 heteroatoms. The Morgan fingerprint density at radius 3 is 2.70 bits per heavy atom. The van der Waals surface area contributed by atoms with Crippen LogP contribution >= 0.6 is 0 Å². The number of nitrogens with two attached hydrogens (primary N) is 1. The highest BCUT2D eigenvalue weighted by atomic mass is 16.5. The lowest BCUT2D eigenvalue weighted by atomic mass is 10.2. The first kappa shape index (κ1) is 14.1. The van der Waals surface area contributed by atoms with Crippen molar-refractivity contribution in [2.75, 3.05) is 24.5 Å². The summed E-state index contributed by atoms with van der Waals surface area (Å²) in [5.74, 6) is 7.74. The van der Waals surface area contributed by atoms with Gasteiger partial charge < -0.3 is 15.1 Å². The van der Waals surface area contributed by atoms with Crippen LogP contribution < -0.4 is 20.9 Å². The van der Waals surface area contributed by atoms with E-state index in [0.29, 0.717) is 5.82 Å². The quantitative estimate of drug-likeness (QED) is 0.642. The molecule has 0 saturated carbocycles. The fourth-order valence-electron chi connectivity index (χ4n) is 2.16. The van der Waals surface area contributed by atoms with Crippen molar-refractivity contribution in [3.05, 3.63) is 36.2 Å². The van der Waals surface area contributed by atoms with Gasteiger partial charge in [-0.3, -0.25) is 0 Å². The number of para-hydroxylation sites is 2. The summed E-state index contributed by atoms with van der Waals surface area (Å²) in [6.07, 6.45) is 2.27. The van der Waals surface area contributed by atoms with Crippen molar-refractivity contribution in [1.82, 2.24) is 9.97 Å². The van der Waals surface area contributed by atoms with E-state index in [1.54, 1.807) is 7.11 Å². The number of rotatable bonds is 5. The highest BCUT2D eigenvalue weighted by molar-refractivity contribution is 5.70. The lowest BCUT2D eigenvalue weighted by Gasteiger charge is -2.23. The molecule has 1 aromatic carbocycles. The molecule has 0 spiro atoms. The molecule has 0 bridgehead atoms. The maximum atomic E-state index is 5.51. The van der Waals surface area contributed by atoms with Crippen LogP contribution in [0.2, 0.25) is 0 Å². The SMILES string of the molecule is CCc1c(NN)ncnc1N(C)c1ccccc1OC. The largest absolute Gasteiger partial charge is 0.495 e. The van der Waals surface area contributed by atoms with Crippen molar-refractivity contribution in [3.63, 3.8) is 0 Å². The number of methoxy groups -OCH3 is 1. The van der Waals surface area contributed by atoms with Crippen LogP contribution in [0.4, 0.5) is 17.3 Å². The summed E-state index contributed by atoms with van der Waals surface area (Å²) in [6.45, 7) is 2.04. The van der Waals surface area contributed by atoms with Gasteiger partial charge in [0, 0.05) is 12.6 Å². The van der Waals surface area contributed by atoms with E-state index >= 15 is 0 Å². The number of anilines is 3. The molecule has 0 aliphatic heterocycles. The van der Waals surface area contributed by atoms with E-state index in [4.69, 9.17) is 10.6 Å². The predicted octanol–water partition coefficient (Wildman–Crippen LogP) is 2.10. The van der Waals surface area contributed by atoms with Gasteiger partial charge in [-0.2, -0.15) is 0 Å². The number of hydrazine groups is 1. The van der Waals surface area contributed by atoms with E-state index in [2.05, 4.69) is 15.4 Å². The Labute approximate surface area is 118 Å². The van der Waals surface area contributed by atoms with Crippen LogP contribution in [0.3, 0.4) is 0 Å². The Morgan fingerprint density at radius 2 is 2.05 bits per heavy atom. The molecule has 0 radical (unpaired) electrons. The summed E-state index contributed by atoms with van der Waals surface area (Å²) in [6, 6.07) is 7.80. The third-order valence-electron chi connectivity index (χ3n) is 3.18. The van der Waals surface area contributed by atoms with Crippen LogP contribution in [-0.4, -0.2) is 24.1 Å². The zero-order chi connectivity index (χ0) is 14.5. The average molecular weight is 273 g/mol. The van der Waals surface area contributed by atoms with Gasteiger partial charge in [-0.25, -0.2) is 15.8 Å². The van der Waals surface area contributed by atoms with E-state index in [0.717, 1.165) is 29.2 Å². The summed E-state index contributed by atoms with van der Waals surface area (Å²) in [5.41, 5.74) is 4.51. The van der Waals surface area contributed by atoms with E-state index in [9.17, 15) is 0 Å². The summed E-state index contributed by atoms with van der Waals surface area (Å²) in [7, 11) is 3.60. The second kappa shape index (κ2) is 6.21. The van der Waals surface area contributed by atoms with Crippen LogP contribution in [0.5, 0.6) is 5.75 Å². The molecule has 1 heterocycles. The smallest absolute Gasteiger partial charge is 0.148 e. The average Bonchev–Trinajstić information content (AvgIpc) is 2.53. The first-order valence-electron chi connectivity index (χ1n) is 6.40. The predicted molar refractivity (Wildman–Crippen MR) is 80.3 cm³/mol. The molecule has 3 N–H and O–H groups in total. The van der Waals surface area contributed by atoms with E-state index in [1.807, 2.05) is 43.1 Å². The van der Waals surface area contributed by atoms with Crippen LogP contribution in [0.15, 0.2) is 30.6 Å². The van der Waals surface area contributed by atoms with Crippen LogP contribution in [0.1, 0.15) is 12.5 Å². The van der Waals surface area contributed by atoms with Crippen molar-refractivity contribution >= 4 is 17.3 Å². The summed E-state index contributed by atoms with van der Waals surface area (Å²) < 4.78 is 5.39. The Bertz CT molecular complexity index is 588. The zero-order valence-electron chi connectivity index (χ0n) is 11.9. The van der Waals surface area contributed by atoms with Crippen molar-refractivity contribution < 1.29 is 4.74 Å². The second-order valence-electron chi connectivity index (χ2n) is 4.25. The van der Waals surface area contributed by atoms with E-state index in [1.165, 1.54) is 6.33 Å². The minimum Gasteiger partial charge on any atom is -0.495 e. The fourth-order valence-corrected chi connectivity index (χ4v) is 2.16. The van der Waals surface area contributed by atoms with Gasteiger partial charge in [0.15, 0.2) is 0 Å². The van der Waals surface area contributed by atoms with Crippen molar-refractivity contribution in [2.45, 2.75) is 13.3 Å². The van der Waals surface area contributed by atoms with E-state index < -0.39 is 0 Å². The fraction of sp³-hybridized carbons (Fsp3) is 0.286. The van der Waals surface area contributed by atoms with E-state index in [-0.39, 0.29) is 0 Å². The highest BCUT2D eigenvalue weighted by Crippen LogP contribution is 2.34. The molecule has 0 amide bonds. The Hall–Kier alpha value is -2.34. The van der Waals surface area contributed by atoms with Crippen LogP contribution in [0.25, 0.3) is 0 Å². The molecule has 0 saturated heterocycles. The highest BCUT2D eigenvalue weighted by Gasteiger charge is 2.16. The molecule has 2 aromatic rings. The number of nitrogen functional groups attached to an aromatic ring is 1. The normalized spacial score (nSPS) is 10.2. The van der Waals surface area contributed by atoms with Gasteiger partial charge in [-0.1, -0.05) is 19.1 Å². The van der Waals surface area contributed by atoms with Gasteiger partial charge >= 0.3 is 0 Å². The van der Waals surface area contributed by atoms with Gasteiger partial charge in [-0.15, -0.1) is 0 Å². The number of ether oxygens (including phenoxy) is 1. The number of benzene rings is 1. The molecule has 2 rings (SSSR count). The lowest BCUT2D eigenvalue weighted by Crippen LogP contribution is -2.18. The topological polar surface area (TPSA) is 76.3 Å². The van der Waals surface area contributed by atoms with Crippen LogP contribution in [0, 0.1) is 0 Å². The van der Waals surface area contributed by atoms with Gasteiger partial charge in [0.1, 0.15) is 23.7 Å². The number of hydrogen-bond donors (Lipinski definition) is 2. The summed E-state index contributed by atoms with van der Waals surface area (Å²) >= 11 is 0. The molecule has 1 aromatic heterocycles. The van der Waals surface area contributed by atoms with Gasteiger partial charge in [0.25, 0.3) is 0 Å². The third kappa shape index (κ3) is 2.50. The molecule has 0 unspecified atom stereocenters. The van der Waals surface area contributed by atoms with Gasteiger partial charge in [0.05, 0.1) is 12.8 Å². The Kier molecular flexibility index (Phi) is 4.37. The molecular weight excluding hydrogens is 254 g/mol. The maximum absolute atomic E-state index is 5.51. The monoisotopic (exact) mass is 273 g/mol. The first-order chi connectivity index (χ1) is 9.72. The molecule has 0 aliphatic rings. The van der Waals surface area contributed by atoms with Crippen molar-refractivity contribution in [3.8, 4) is 5.75 Å². The van der Waals surface area contributed by atoms with Gasteiger partial charge in [0.2, 0.25) is 0 Å². The molecule has 0 fully saturated rings. The maximum Gasteiger partial charge on any atom is 0.148 e. The number of nitrogens with one attached hydrogen (secondary N) is 1. The van der Waals surface area contributed by atoms with Crippen LogP contribution in [-0.2, 0) is 6.42 Å². The third-order valence-corrected chi connectivity index (χ3v) is 3.18. The Morgan fingerprint density at radius 1 is 1.30 bits per heavy atom. The molecule has 0 aliphatic carbocycles. The second-order valence-corrected chi connectivity index (χ2v) is 4.25. The molecule has 20 heavy (non-hydrogen) atoms. The minimum absolute atomic E-state index is 0.638. The molecule has 0 atom stereocenters. The number of hydrogen-bond acceptors (Lipinski definition) is 6. The summed E-state index contributed by atoms with van der Waals surface area (Å²) in [4.78, 5) is 10.5.